The highest BCUT2D eigenvalue weighted by atomic mass is 35.5. The first kappa shape index (κ1) is 10.9. The molecule has 1 aliphatic rings. The topological polar surface area (TPSA) is 32.3 Å². The van der Waals surface area contributed by atoms with E-state index < -0.39 is 6.10 Å². The van der Waals surface area contributed by atoms with E-state index in [4.69, 9.17) is 11.6 Å². The van der Waals surface area contributed by atoms with Gasteiger partial charge in [-0.1, -0.05) is 23.7 Å². The summed E-state index contributed by atoms with van der Waals surface area (Å²) in [4.78, 5) is 0. The Bertz CT molecular complexity index is 349. The predicted molar refractivity (Wildman–Crippen MR) is 62.2 cm³/mol. The lowest BCUT2D eigenvalue weighted by molar-refractivity contribution is 0.174. The number of hydrogen-bond donors (Lipinski definition) is 2. The Balaban J connectivity index is 1.97. The minimum Gasteiger partial charge on any atom is -0.387 e. The van der Waals surface area contributed by atoms with Crippen LogP contribution in [-0.4, -0.2) is 17.7 Å². The fourth-order valence-corrected chi connectivity index (χ4v) is 1.68. The molecule has 1 aromatic carbocycles. The lowest BCUT2D eigenvalue weighted by Gasteiger charge is -2.12. The fraction of sp³-hybridized carbons (Fsp3) is 0.500. The molecule has 1 atom stereocenters. The van der Waals surface area contributed by atoms with Gasteiger partial charge in [-0.15, -0.1) is 0 Å². The molecule has 2 N–H and O–H groups in total. The van der Waals surface area contributed by atoms with Crippen LogP contribution in [0.15, 0.2) is 18.2 Å². The summed E-state index contributed by atoms with van der Waals surface area (Å²) in [5.41, 5.74) is 1.95. The van der Waals surface area contributed by atoms with Gasteiger partial charge in [0.2, 0.25) is 0 Å². The molecular formula is C12H16ClNO. The SMILES string of the molecule is Cc1cc(C(O)CNC2CC2)ccc1Cl. The molecule has 0 aromatic heterocycles. The van der Waals surface area contributed by atoms with Crippen molar-refractivity contribution in [2.45, 2.75) is 31.9 Å². The summed E-state index contributed by atoms with van der Waals surface area (Å²) in [6.07, 6.45) is 2.06. The lowest BCUT2D eigenvalue weighted by Crippen LogP contribution is -2.23. The summed E-state index contributed by atoms with van der Waals surface area (Å²) < 4.78 is 0. The van der Waals surface area contributed by atoms with Crippen molar-refractivity contribution in [3.8, 4) is 0 Å². The van der Waals surface area contributed by atoms with E-state index in [0.29, 0.717) is 12.6 Å². The largest absolute Gasteiger partial charge is 0.387 e. The molecule has 1 aliphatic carbocycles. The molecule has 82 valence electrons. The van der Waals surface area contributed by atoms with Crippen molar-refractivity contribution in [3.63, 3.8) is 0 Å². The number of halogens is 1. The van der Waals surface area contributed by atoms with Crippen molar-refractivity contribution in [2.75, 3.05) is 6.54 Å². The molecule has 0 heterocycles. The Labute approximate surface area is 95.3 Å². The number of hydrogen-bond acceptors (Lipinski definition) is 2. The van der Waals surface area contributed by atoms with Gasteiger partial charge in [0.1, 0.15) is 0 Å². The summed E-state index contributed by atoms with van der Waals surface area (Å²) >= 11 is 5.93. The van der Waals surface area contributed by atoms with Gasteiger partial charge < -0.3 is 10.4 Å². The van der Waals surface area contributed by atoms with Gasteiger partial charge in [-0.25, -0.2) is 0 Å². The van der Waals surface area contributed by atoms with Crippen LogP contribution in [0, 0.1) is 6.92 Å². The number of nitrogens with one attached hydrogen (secondary N) is 1. The number of aliphatic hydroxyl groups is 1. The minimum absolute atomic E-state index is 0.429. The Morgan fingerprint density at radius 1 is 1.53 bits per heavy atom. The molecular weight excluding hydrogens is 210 g/mol. The van der Waals surface area contributed by atoms with Crippen LogP contribution in [0.4, 0.5) is 0 Å². The van der Waals surface area contributed by atoms with Crippen molar-refractivity contribution in [1.82, 2.24) is 5.32 Å². The first-order valence-corrected chi connectivity index (χ1v) is 5.72. The third-order valence-corrected chi connectivity index (χ3v) is 3.17. The van der Waals surface area contributed by atoms with Gasteiger partial charge in [-0.2, -0.15) is 0 Å². The second kappa shape index (κ2) is 4.52. The van der Waals surface area contributed by atoms with Crippen LogP contribution in [-0.2, 0) is 0 Å². The zero-order valence-electron chi connectivity index (χ0n) is 8.83. The number of benzene rings is 1. The summed E-state index contributed by atoms with van der Waals surface area (Å²) in [6, 6.07) is 6.30. The van der Waals surface area contributed by atoms with E-state index in [0.717, 1.165) is 16.1 Å². The van der Waals surface area contributed by atoms with Gasteiger partial charge in [0.15, 0.2) is 0 Å². The van der Waals surface area contributed by atoms with Crippen molar-refractivity contribution in [2.24, 2.45) is 0 Å². The minimum atomic E-state index is -0.429. The molecule has 0 radical (unpaired) electrons. The van der Waals surface area contributed by atoms with Crippen LogP contribution in [0.1, 0.15) is 30.1 Å². The predicted octanol–water partition coefficient (Wildman–Crippen LogP) is 2.43. The van der Waals surface area contributed by atoms with E-state index in [9.17, 15) is 5.11 Å². The van der Waals surface area contributed by atoms with Gasteiger partial charge in [0.25, 0.3) is 0 Å². The second-order valence-corrected chi connectivity index (χ2v) is 4.61. The van der Waals surface area contributed by atoms with Crippen LogP contribution >= 0.6 is 11.6 Å². The molecule has 2 nitrogen and oxygen atoms in total. The van der Waals surface area contributed by atoms with Crippen molar-refractivity contribution < 1.29 is 5.11 Å². The van der Waals surface area contributed by atoms with Crippen LogP contribution in [0.2, 0.25) is 5.02 Å². The van der Waals surface area contributed by atoms with Gasteiger partial charge in [0, 0.05) is 17.6 Å². The molecule has 2 rings (SSSR count). The van der Waals surface area contributed by atoms with Gasteiger partial charge in [-0.3, -0.25) is 0 Å². The average molecular weight is 226 g/mol. The molecule has 0 aliphatic heterocycles. The van der Waals surface area contributed by atoms with E-state index in [1.54, 1.807) is 0 Å². The highest BCUT2D eigenvalue weighted by Gasteiger charge is 2.21. The molecule has 0 bridgehead atoms. The van der Waals surface area contributed by atoms with Gasteiger partial charge in [0.05, 0.1) is 6.10 Å². The van der Waals surface area contributed by atoms with E-state index in [1.165, 1.54) is 12.8 Å². The quantitative estimate of drug-likeness (QED) is 0.825. The summed E-state index contributed by atoms with van der Waals surface area (Å²) in [7, 11) is 0. The Hall–Kier alpha value is -0.570. The van der Waals surface area contributed by atoms with Gasteiger partial charge >= 0.3 is 0 Å². The lowest BCUT2D eigenvalue weighted by atomic mass is 10.1. The molecule has 1 unspecified atom stereocenters. The van der Waals surface area contributed by atoms with Crippen molar-refractivity contribution >= 4 is 11.6 Å². The molecule has 1 aromatic rings. The molecule has 0 amide bonds. The van der Waals surface area contributed by atoms with Crippen LogP contribution in [0.3, 0.4) is 0 Å². The Morgan fingerprint density at radius 3 is 2.87 bits per heavy atom. The second-order valence-electron chi connectivity index (χ2n) is 4.21. The van der Waals surface area contributed by atoms with E-state index >= 15 is 0 Å². The maximum atomic E-state index is 9.91. The third-order valence-electron chi connectivity index (χ3n) is 2.74. The molecule has 15 heavy (non-hydrogen) atoms. The van der Waals surface area contributed by atoms with E-state index in [-0.39, 0.29) is 0 Å². The van der Waals surface area contributed by atoms with E-state index in [1.807, 2.05) is 25.1 Å². The van der Waals surface area contributed by atoms with Crippen molar-refractivity contribution in [3.05, 3.63) is 34.3 Å². The fourth-order valence-electron chi connectivity index (χ4n) is 1.56. The highest BCUT2D eigenvalue weighted by Crippen LogP contribution is 2.22. The number of rotatable bonds is 4. The highest BCUT2D eigenvalue weighted by molar-refractivity contribution is 6.31. The number of aliphatic hydroxyl groups excluding tert-OH is 1. The third kappa shape index (κ3) is 2.94. The van der Waals surface area contributed by atoms with Crippen molar-refractivity contribution in [1.29, 1.82) is 0 Å². The zero-order chi connectivity index (χ0) is 10.8. The number of aryl methyl sites for hydroxylation is 1. The first-order valence-electron chi connectivity index (χ1n) is 5.34. The first-order chi connectivity index (χ1) is 7.16. The Kier molecular flexibility index (Phi) is 3.29. The van der Waals surface area contributed by atoms with Gasteiger partial charge in [-0.05, 0) is 37.0 Å². The van der Waals surface area contributed by atoms with E-state index in [2.05, 4.69) is 5.32 Å². The zero-order valence-corrected chi connectivity index (χ0v) is 9.59. The summed E-state index contributed by atoms with van der Waals surface area (Å²) in [5.74, 6) is 0. The molecule has 0 saturated heterocycles. The normalized spacial score (nSPS) is 17.8. The molecule has 3 heteroatoms. The molecule has 1 saturated carbocycles. The molecule has 0 spiro atoms. The monoisotopic (exact) mass is 225 g/mol. The van der Waals surface area contributed by atoms with Crippen LogP contribution in [0.25, 0.3) is 0 Å². The van der Waals surface area contributed by atoms with Crippen LogP contribution < -0.4 is 5.32 Å². The Morgan fingerprint density at radius 2 is 2.27 bits per heavy atom. The summed E-state index contributed by atoms with van der Waals surface area (Å²) in [5, 5.41) is 14.0. The van der Waals surface area contributed by atoms with Crippen LogP contribution in [0.5, 0.6) is 0 Å². The maximum Gasteiger partial charge on any atom is 0.0914 e. The standard InChI is InChI=1S/C12H16ClNO/c1-8-6-9(2-5-11(8)13)12(15)7-14-10-3-4-10/h2,5-6,10,12,14-15H,3-4,7H2,1H3. The maximum absolute atomic E-state index is 9.91. The average Bonchev–Trinajstić information content (AvgIpc) is 3.02. The smallest absolute Gasteiger partial charge is 0.0914 e. The molecule has 1 fully saturated rings. The summed E-state index contributed by atoms with van der Waals surface area (Å²) in [6.45, 7) is 2.58.